The lowest BCUT2D eigenvalue weighted by Gasteiger charge is -2.20. The second-order valence-electron chi connectivity index (χ2n) is 5.80. The number of anilines is 2. The molecule has 0 unspecified atom stereocenters. The molecule has 5 heteroatoms. The van der Waals surface area contributed by atoms with Gasteiger partial charge >= 0.3 is 6.09 Å². The standard InChI is InChI=1S/C15H25N3O2/c1-6-7-10-18(5)12-8-9-13(16-11-12)17-14(19)20-15(2,3)4/h8-9,11H,6-7,10H2,1-5H3,(H,16,17,19). The molecular formula is C15H25N3O2. The Labute approximate surface area is 121 Å². The Morgan fingerprint density at radius 3 is 2.60 bits per heavy atom. The average Bonchev–Trinajstić information content (AvgIpc) is 2.34. The Morgan fingerprint density at radius 2 is 2.10 bits per heavy atom. The summed E-state index contributed by atoms with van der Waals surface area (Å²) in [7, 11) is 2.04. The Hall–Kier alpha value is -1.78. The van der Waals surface area contributed by atoms with Crippen LogP contribution < -0.4 is 10.2 Å². The molecule has 1 amide bonds. The highest BCUT2D eigenvalue weighted by Gasteiger charge is 2.16. The summed E-state index contributed by atoms with van der Waals surface area (Å²) in [5.41, 5.74) is 0.526. The van der Waals surface area contributed by atoms with Crippen LogP contribution in [-0.2, 0) is 4.74 Å². The molecule has 0 aliphatic rings. The quantitative estimate of drug-likeness (QED) is 0.893. The minimum absolute atomic E-state index is 0.489. The van der Waals surface area contributed by atoms with Gasteiger partial charge in [0.1, 0.15) is 11.4 Å². The van der Waals surface area contributed by atoms with Crippen molar-refractivity contribution >= 4 is 17.6 Å². The SMILES string of the molecule is CCCCN(C)c1ccc(NC(=O)OC(C)(C)C)nc1. The number of carbonyl (C=O) groups is 1. The summed E-state index contributed by atoms with van der Waals surface area (Å²) in [5.74, 6) is 0.492. The molecule has 112 valence electrons. The summed E-state index contributed by atoms with van der Waals surface area (Å²) in [4.78, 5) is 18.0. The fraction of sp³-hybridized carbons (Fsp3) is 0.600. The molecule has 0 saturated carbocycles. The number of pyridine rings is 1. The summed E-state index contributed by atoms with van der Waals surface area (Å²) in [6.07, 6.45) is 3.57. The number of aromatic nitrogens is 1. The largest absolute Gasteiger partial charge is 0.444 e. The van der Waals surface area contributed by atoms with Crippen molar-refractivity contribution in [1.29, 1.82) is 0 Å². The van der Waals surface area contributed by atoms with Crippen LogP contribution in [0.4, 0.5) is 16.3 Å². The molecule has 0 atom stereocenters. The highest BCUT2D eigenvalue weighted by atomic mass is 16.6. The molecule has 0 aromatic carbocycles. The average molecular weight is 279 g/mol. The second-order valence-corrected chi connectivity index (χ2v) is 5.80. The normalized spacial score (nSPS) is 11.1. The lowest BCUT2D eigenvalue weighted by molar-refractivity contribution is 0.0635. The minimum Gasteiger partial charge on any atom is -0.444 e. The third kappa shape index (κ3) is 5.91. The van der Waals surface area contributed by atoms with Gasteiger partial charge in [-0.15, -0.1) is 0 Å². The fourth-order valence-electron chi connectivity index (χ4n) is 1.62. The highest BCUT2D eigenvalue weighted by Crippen LogP contribution is 2.15. The van der Waals surface area contributed by atoms with Gasteiger partial charge < -0.3 is 9.64 Å². The van der Waals surface area contributed by atoms with Gasteiger partial charge in [0.05, 0.1) is 11.9 Å². The predicted octanol–water partition coefficient (Wildman–Crippen LogP) is 3.66. The Bertz CT molecular complexity index is 424. The molecule has 1 heterocycles. The minimum atomic E-state index is -0.510. The van der Waals surface area contributed by atoms with Crippen molar-refractivity contribution in [3.8, 4) is 0 Å². The molecule has 0 aliphatic heterocycles. The maximum absolute atomic E-state index is 11.6. The number of ether oxygens (including phenoxy) is 1. The first-order valence-corrected chi connectivity index (χ1v) is 6.99. The van der Waals surface area contributed by atoms with Gasteiger partial charge in [-0.05, 0) is 39.3 Å². The van der Waals surface area contributed by atoms with Crippen LogP contribution in [0.15, 0.2) is 18.3 Å². The first kappa shape index (κ1) is 16.3. The smallest absolute Gasteiger partial charge is 0.413 e. The van der Waals surface area contributed by atoms with E-state index in [4.69, 9.17) is 4.74 Å². The summed E-state index contributed by atoms with van der Waals surface area (Å²) in [6, 6.07) is 3.72. The predicted molar refractivity (Wildman–Crippen MR) is 82.3 cm³/mol. The van der Waals surface area contributed by atoms with E-state index in [0.717, 1.165) is 25.1 Å². The number of unbranched alkanes of at least 4 members (excludes halogenated alkanes) is 1. The number of hydrogen-bond donors (Lipinski definition) is 1. The van der Waals surface area contributed by atoms with Crippen molar-refractivity contribution in [2.75, 3.05) is 23.8 Å². The molecule has 0 aliphatic carbocycles. The lowest BCUT2D eigenvalue weighted by atomic mass is 10.2. The van der Waals surface area contributed by atoms with E-state index in [0.29, 0.717) is 5.82 Å². The van der Waals surface area contributed by atoms with E-state index in [2.05, 4.69) is 22.1 Å². The van der Waals surface area contributed by atoms with Crippen LogP contribution in [0.2, 0.25) is 0 Å². The topological polar surface area (TPSA) is 54.5 Å². The second kappa shape index (κ2) is 7.12. The van der Waals surface area contributed by atoms with Crippen LogP contribution in [-0.4, -0.2) is 30.3 Å². The molecule has 0 saturated heterocycles. The summed E-state index contributed by atoms with van der Waals surface area (Å²) in [5, 5.41) is 2.62. The van der Waals surface area contributed by atoms with E-state index in [-0.39, 0.29) is 0 Å². The van der Waals surface area contributed by atoms with Crippen molar-refractivity contribution < 1.29 is 9.53 Å². The summed E-state index contributed by atoms with van der Waals surface area (Å²) in [6.45, 7) is 8.64. The number of amides is 1. The molecule has 1 N–H and O–H groups in total. The fourth-order valence-corrected chi connectivity index (χ4v) is 1.62. The van der Waals surface area contributed by atoms with E-state index >= 15 is 0 Å². The van der Waals surface area contributed by atoms with Gasteiger partial charge in [-0.25, -0.2) is 9.78 Å². The zero-order valence-electron chi connectivity index (χ0n) is 13.1. The van der Waals surface area contributed by atoms with Crippen LogP contribution in [0, 0.1) is 0 Å². The molecule has 0 fully saturated rings. The monoisotopic (exact) mass is 279 g/mol. The van der Waals surface area contributed by atoms with Crippen LogP contribution in [0.5, 0.6) is 0 Å². The highest BCUT2D eigenvalue weighted by molar-refractivity contribution is 5.83. The van der Waals surface area contributed by atoms with Gasteiger partial charge in [0.2, 0.25) is 0 Å². The summed E-state index contributed by atoms with van der Waals surface area (Å²) < 4.78 is 5.17. The van der Waals surface area contributed by atoms with Crippen LogP contribution in [0.25, 0.3) is 0 Å². The third-order valence-corrected chi connectivity index (χ3v) is 2.66. The first-order chi connectivity index (χ1) is 9.31. The van der Waals surface area contributed by atoms with Gasteiger partial charge in [-0.1, -0.05) is 13.3 Å². The molecule has 5 nitrogen and oxygen atoms in total. The zero-order valence-corrected chi connectivity index (χ0v) is 13.1. The lowest BCUT2D eigenvalue weighted by Crippen LogP contribution is -2.27. The number of hydrogen-bond acceptors (Lipinski definition) is 4. The van der Waals surface area contributed by atoms with E-state index in [9.17, 15) is 4.79 Å². The maximum atomic E-state index is 11.6. The third-order valence-electron chi connectivity index (χ3n) is 2.66. The van der Waals surface area contributed by atoms with Crippen molar-refractivity contribution in [2.24, 2.45) is 0 Å². The number of nitrogens with zero attached hydrogens (tertiary/aromatic N) is 2. The molecule has 1 rings (SSSR count). The van der Waals surface area contributed by atoms with Crippen LogP contribution in [0.3, 0.4) is 0 Å². The van der Waals surface area contributed by atoms with Crippen molar-refractivity contribution in [3.05, 3.63) is 18.3 Å². The van der Waals surface area contributed by atoms with Gasteiger partial charge in [0.25, 0.3) is 0 Å². The molecular weight excluding hydrogens is 254 g/mol. The van der Waals surface area contributed by atoms with Crippen LogP contribution >= 0.6 is 0 Å². The van der Waals surface area contributed by atoms with E-state index < -0.39 is 11.7 Å². The van der Waals surface area contributed by atoms with Crippen molar-refractivity contribution in [2.45, 2.75) is 46.1 Å². The molecule has 0 bridgehead atoms. The maximum Gasteiger partial charge on any atom is 0.413 e. The molecule has 20 heavy (non-hydrogen) atoms. The van der Waals surface area contributed by atoms with Gasteiger partial charge in [0.15, 0.2) is 0 Å². The zero-order chi connectivity index (χ0) is 15.2. The number of nitrogens with one attached hydrogen (secondary N) is 1. The van der Waals surface area contributed by atoms with Crippen molar-refractivity contribution in [3.63, 3.8) is 0 Å². The Morgan fingerprint density at radius 1 is 1.40 bits per heavy atom. The van der Waals surface area contributed by atoms with Crippen LogP contribution in [0.1, 0.15) is 40.5 Å². The van der Waals surface area contributed by atoms with E-state index in [1.54, 1.807) is 12.3 Å². The van der Waals surface area contributed by atoms with Gasteiger partial charge in [-0.3, -0.25) is 5.32 Å². The van der Waals surface area contributed by atoms with Crippen molar-refractivity contribution in [1.82, 2.24) is 4.98 Å². The van der Waals surface area contributed by atoms with Gasteiger partial charge in [0, 0.05) is 13.6 Å². The Balaban J connectivity index is 2.56. The van der Waals surface area contributed by atoms with E-state index in [1.165, 1.54) is 0 Å². The number of carbonyl (C=O) groups excluding carboxylic acids is 1. The summed E-state index contributed by atoms with van der Waals surface area (Å²) >= 11 is 0. The molecule has 0 radical (unpaired) electrons. The molecule has 1 aromatic rings. The number of rotatable bonds is 5. The van der Waals surface area contributed by atoms with Gasteiger partial charge in [-0.2, -0.15) is 0 Å². The molecule has 0 spiro atoms. The molecule has 1 aromatic heterocycles. The first-order valence-electron chi connectivity index (χ1n) is 6.99. The van der Waals surface area contributed by atoms with E-state index in [1.807, 2.05) is 33.9 Å². The Kier molecular flexibility index (Phi) is 5.80.